The molecule has 1 nitrogen and oxygen atoms in total. The minimum atomic E-state index is -0.313. The van der Waals surface area contributed by atoms with Gasteiger partial charge in [-0.05, 0) is 49.2 Å². The van der Waals surface area contributed by atoms with E-state index in [4.69, 9.17) is 34.8 Å². The average molecular weight is 367 g/mol. The van der Waals surface area contributed by atoms with E-state index < -0.39 is 0 Å². The lowest BCUT2D eigenvalue weighted by Crippen LogP contribution is -2.23. The molecule has 2 aromatic rings. The number of nitrogens with one attached hydrogen (secondary N) is 1. The van der Waals surface area contributed by atoms with Crippen LogP contribution in [0.2, 0.25) is 13.7 Å². The Balaban J connectivity index is 2.50. The third-order valence-electron chi connectivity index (χ3n) is 3.18. The van der Waals surface area contributed by atoms with Gasteiger partial charge in [0.1, 0.15) is 5.82 Å². The van der Waals surface area contributed by atoms with Crippen molar-refractivity contribution in [3.63, 3.8) is 0 Å². The Morgan fingerprint density at radius 2 is 1.90 bits per heavy atom. The van der Waals surface area contributed by atoms with E-state index in [1.807, 2.05) is 6.07 Å². The van der Waals surface area contributed by atoms with Crippen molar-refractivity contribution in [3.05, 3.63) is 54.4 Å². The smallest absolute Gasteiger partial charge is 0.127 e. The van der Waals surface area contributed by atoms with Gasteiger partial charge in [0.2, 0.25) is 0 Å². The first-order valence-electron chi connectivity index (χ1n) is 6.57. The second-order valence-electron chi connectivity index (χ2n) is 4.79. The predicted molar refractivity (Wildman–Crippen MR) is 90.6 cm³/mol. The standard InChI is InChI=1S/C15H15Cl3FNS/c1-3-4-20-14(10-6-13(17)21-15(10)18)9-5-8(2)12(19)7-11(9)16/h5-7,14,20H,3-4H2,1-2H3. The molecule has 0 bridgehead atoms. The minimum absolute atomic E-state index is 0.201. The van der Waals surface area contributed by atoms with E-state index in [0.29, 0.717) is 19.3 Å². The Morgan fingerprint density at radius 1 is 1.19 bits per heavy atom. The van der Waals surface area contributed by atoms with Crippen LogP contribution in [-0.2, 0) is 0 Å². The van der Waals surface area contributed by atoms with Crippen LogP contribution in [0.15, 0.2) is 18.2 Å². The van der Waals surface area contributed by atoms with Crippen LogP contribution in [0.25, 0.3) is 0 Å². The lowest BCUT2D eigenvalue weighted by molar-refractivity contribution is 0.591. The van der Waals surface area contributed by atoms with Gasteiger partial charge in [-0.1, -0.05) is 41.7 Å². The van der Waals surface area contributed by atoms with E-state index in [-0.39, 0.29) is 11.9 Å². The SMILES string of the molecule is CCCNC(c1cc(C)c(F)cc1Cl)c1cc(Cl)sc1Cl. The summed E-state index contributed by atoms with van der Waals surface area (Å²) in [4.78, 5) is 0. The summed E-state index contributed by atoms with van der Waals surface area (Å²) in [6.07, 6.45) is 0.962. The first-order chi connectivity index (χ1) is 9.93. The van der Waals surface area contributed by atoms with Crippen LogP contribution in [0.3, 0.4) is 0 Å². The summed E-state index contributed by atoms with van der Waals surface area (Å²) in [5, 5.41) is 3.78. The van der Waals surface area contributed by atoms with Gasteiger partial charge in [0.05, 0.1) is 14.7 Å². The van der Waals surface area contributed by atoms with Gasteiger partial charge in [0, 0.05) is 10.6 Å². The fourth-order valence-corrected chi connectivity index (χ4v) is 3.92. The van der Waals surface area contributed by atoms with Crippen molar-refractivity contribution in [3.8, 4) is 0 Å². The molecule has 0 radical (unpaired) electrons. The molecule has 0 saturated carbocycles. The molecule has 0 saturated heterocycles. The molecular weight excluding hydrogens is 352 g/mol. The fraction of sp³-hybridized carbons (Fsp3) is 0.333. The molecule has 1 aromatic carbocycles. The van der Waals surface area contributed by atoms with Crippen molar-refractivity contribution >= 4 is 46.1 Å². The molecule has 0 aliphatic heterocycles. The minimum Gasteiger partial charge on any atom is -0.306 e. The lowest BCUT2D eigenvalue weighted by atomic mass is 9.99. The van der Waals surface area contributed by atoms with E-state index in [0.717, 1.165) is 24.1 Å². The Bertz CT molecular complexity index is 642. The zero-order chi connectivity index (χ0) is 15.6. The molecule has 1 aromatic heterocycles. The average Bonchev–Trinajstić information content (AvgIpc) is 2.75. The van der Waals surface area contributed by atoms with Crippen LogP contribution >= 0.6 is 46.1 Å². The molecule has 0 amide bonds. The van der Waals surface area contributed by atoms with Gasteiger partial charge in [0.15, 0.2) is 0 Å². The molecule has 0 aliphatic rings. The van der Waals surface area contributed by atoms with E-state index in [9.17, 15) is 4.39 Å². The third kappa shape index (κ3) is 3.91. The molecule has 1 heterocycles. The molecule has 6 heteroatoms. The molecule has 0 aliphatic carbocycles. The summed E-state index contributed by atoms with van der Waals surface area (Å²) in [7, 11) is 0. The number of benzene rings is 1. The molecule has 1 unspecified atom stereocenters. The highest BCUT2D eigenvalue weighted by Gasteiger charge is 2.22. The Labute approximate surface area is 143 Å². The van der Waals surface area contributed by atoms with Crippen LogP contribution in [0.5, 0.6) is 0 Å². The Hall–Kier alpha value is -0.320. The quantitative estimate of drug-likeness (QED) is 0.660. The number of thiophene rings is 1. The van der Waals surface area contributed by atoms with Crippen molar-refractivity contribution in [2.45, 2.75) is 26.3 Å². The summed E-state index contributed by atoms with van der Waals surface area (Å²) >= 11 is 19.9. The summed E-state index contributed by atoms with van der Waals surface area (Å²) in [5.41, 5.74) is 2.23. The molecule has 2 rings (SSSR count). The van der Waals surface area contributed by atoms with E-state index in [2.05, 4.69) is 12.2 Å². The van der Waals surface area contributed by atoms with Crippen molar-refractivity contribution in [2.75, 3.05) is 6.54 Å². The number of hydrogen-bond acceptors (Lipinski definition) is 2. The first-order valence-corrected chi connectivity index (χ1v) is 8.52. The molecule has 1 atom stereocenters. The van der Waals surface area contributed by atoms with E-state index in [1.165, 1.54) is 17.4 Å². The fourth-order valence-electron chi connectivity index (χ4n) is 2.13. The maximum atomic E-state index is 13.6. The summed E-state index contributed by atoms with van der Waals surface area (Å²) in [6.45, 7) is 4.58. The highest BCUT2D eigenvalue weighted by Crippen LogP contribution is 2.39. The molecular formula is C15H15Cl3FNS. The highest BCUT2D eigenvalue weighted by atomic mass is 35.5. The monoisotopic (exact) mass is 365 g/mol. The summed E-state index contributed by atoms with van der Waals surface area (Å²) < 4.78 is 14.8. The summed E-state index contributed by atoms with van der Waals surface area (Å²) in [5.74, 6) is -0.313. The van der Waals surface area contributed by atoms with Gasteiger partial charge in [-0.15, -0.1) is 11.3 Å². The largest absolute Gasteiger partial charge is 0.306 e. The van der Waals surface area contributed by atoms with Gasteiger partial charge in [-0.25, -0.2) is 4.39 Å². The third-order valence-corrected chi connectivity index (χ3v) is 5.03. The molecule has 1 N–H and O–H groups in total. The first kappa shape index (κ1) is 17.0. The van der Waals surface area contributed by atoms with Gasteiger partial charge < -0.3 is 5.32 Å². The number of aryl methyl sites for hydroxylation is 1. The number of halogens is 4. The van der Waals surface area contributed by atoms with Gasteiger partial charge in [0.25, 0.3) is 0 Å². The van der Waals surface area contributed by atoms with Crippen molar-refractivity contribution in [1.29, 1.82) is 0 Å². The second-order valence-corrected chi connectivity index (χ2v) is 7.48. The van der Waals surface area contributed by atoms with E-state index in [1.54, 1.807) is 13.0 Å². The van der Waals surface area contributed by atoms with Crippen LogP contribution in [0, 0.1) is 12.7 Å². The maximum Gasteiger partial charge on any atom is 0.127 e. The Morgan fingerprint density at radius 3 is 2.48 bits per heavy atom. The van der Waals surface area contributed by atoms with Crippen LogP contribution in [0.4, 0.5) is 4.39 Å². The molecule has 0 spiro atoms. The molecule has 114 valence electrons. The Kier molecular flexibility index (Phi) is 5.92. The lowest BCUT2D eigenvalue weighted by Gasteiger charge is -2.21. The topological polar surface area (TPSA) is 12.0 Å². The molecule has 21 heavy (non-hydrogen) atoms. The summed E-state index contributed by atoms with van der Waals surface area (Å²) in [6, 6.07) is 4.73. The van der Waals surface area contributed by atoms with Crippen LogP contribution in [-0.4, -0.2) is 6.54 Å². The maximum absolute atomic E-state index is 13.6. The zero-order valence-corrected chi connectivity index (χ0v) is 14.7. The van der Waals surface area contributed by atoms with Gasteiger partial charge in [-0.2, -0.15) is 0 Å². The zero-order valence-electron chi connectivity index (χ0n) is 11.6. The van der Waals surface area contributed by atoms with Crippen molar-refractivity contribution in [1.82, 2.24) is 5.32 Å². The van der Waals surface area contributed by atoms with Crippen molar-refractivity contribution < 1.29 is 4.39 Å². The van der Waals surface area contributed by atoms with Crippen molar-refractivity contribution in [2.24, 2.45) is 0 Å². The number of hydrogen-bond donors (Lipinski definition) is 1. The van der Waals surface area contributed by atoms with E-state index >= 15 is 0 Å². The number of rotatable bonds is 5. The second kappa shape index (κ2) is 7.30. The van der Waals surface area contributed by atoms with Crippen LogP contribution < -0.4 is 5.32 Å². The highest BCUT2D eigenvalue weighted by molar-refractivity contribution is 7.20. The van der Waals surface area contributed by atoms with Crippen LogP contribution in [0.1, 0.15) is 36.1 Å². The predicted octanol–water partition coefficient (Wildman–Crippen LogP) is 6.24. The van der Waals surface area contributed by atoms with Gasteiger partial charge >= 0.3 is 0 Å². The molecule has 0 fully saturated rings. The normalized spacial score (nSPS) is 12.7. The van der Waals surface area contributed by atoms with Gasteiger partial charge in [-0.3, -0.25) is 0 Å².